The van der Waals surface area contributed by atoms with Crippen LogP contribution in [-0.4, -0.2) is 38.2 Å². The number of hydrogen-bond acceptors (Lipinski definition) is 3. The maximum absolute atomic E-state index is 13.4. The van der Waals surface area contributed by atoms with Crippen molar-refractivity contribution in [1.29, 1.82) is 0 Å². The lowest BCUT2D eigenvalue weighted by Crippen LogP contribution is -2.36. The van der Waals surface area contributed by atoms with Gasteiger partial charge in [0.15, 0.2) is 0 Å². The average Bonchev–Trinajstić information content (AvgIpc) is 3.55. The quantitative estimate of drug-likeness (QED) is 0.338. The number of aromatic nitrogens is 3. The number of benzene rings is 3. The fourth-order valence-corrected chi connectivity index (χ4v) is 5.92. The summed E-state index contributed by atoms with van der Waals surface area (Å²) >= 11 is 0. The predicted molar refractivity (Wildman–Crippen MR) is 150 cm³/mol. The number of hydrogen-bond donors (Lipinski definition) is 0. The zero-order valence-corrected chi connectivity index (χ0v) is 21.7. The fourth-order valence-electron chi connectivity index (χ4n) is 5.92. The van der Waals surface area contributed by atoms with E-state index in [1.165, 1.54) is 16.7 Å². The van der Waals surface area contributed by atoms with E-state index < -0.39 is 0 Å². The first kappa shape index (κ1) is 23.9. The first-order valence-electron chi connectivity index (χ1n) is 13.0. The number of aryl methyl sites for hydroxylation is 2. The number of fused-ring (bicyclic) bond motifs is 1. The van der Waals surface area contributed by atoms with E-state index >= 15 is 0 Å². The van der Waals surface area contributed by atoms with Crippen molar-refractivity contribution in [3.63, 3.8) is 0 Å². The van der Waals surface area contributed by atoms with Crippen LogP contribution in [-0.2, 0) is 18.9 Å². The number of amides is 1. The number of rotatable bonds is 5. The maximum atomic E-state index is 13.4. The SMILES string of the molecule is Cc1cc2c(cnn2-c2ccc(=O)n(C)c2)cc1C1(Cc2ccccc2)CCN(C(=O)c2ccccc2)C1. The standard InChI is InChI=1S/C32H30N4O2/c1-23-17-29-26(20-33-36(29)27-13-14-30(37)34(2)21-27)18-28(23)32(19-24-9-5-3-6-10-24)15-16-35(22-32)31(38)25-11-7-4-8-12-25/h3-14,17-18,20-21H,15-16,19,22H2,1-2H3. The molecular weight excluding hydrogens is 472 g/mol. The summed E-state index contributed by atoms with van der Waals surface area (Å²) in [6.45, 7) is 3.54. The molecule has 3 aromatic carbocycles. The molecule has 1 amide bonds. The van der Waals surface area contributed by atoms with Gasteiger partial charge in [0.05, 0.1) is 17.4 Å². The van der Waals surface area contributed by atoms with Crippen LogP contribution in [0.15, 0.2) is 102 Å². The summed E-state index contributed by atoms with van der Waals surface area (Å²) in [7, 11) is 1.75. The van der Waals surface area contributed by atoms with Crippen LogP contribution in [0.25, 0.3) is 16.6 Å². The van der Waals surface area contributed by atoms with Gasteiger partial charge in [0.25, 0.3) is 5.91 Å². The van der Waals surface area contributed by atoms with Crippen molar-refractivity contribution in [2.75, 3.05) is 13.1 Å². The Bertz CT molecular complexity index is 1690. The normalized spacial score (nSPS) is 17.3. The molecule has 6 heteroatoms. The van der Waals surface area contributed by atoms with E-state index in [4.69, 9.17) is 0 Å². The van der Waals surface area contributed by atoms with Gasteiger partial charge in [-0.05, 0) is 66.8 Å². The summed E-state index contributed by atoms with van der Waals surface area (Å²) in [4.78, 5) is 27.3. The van der Waals surface area contributed by atoms with Crippen LogP contribution in [0.1, 0.15) is 33.5 Å². The van der Waals surface area contributed by atoms with Gasteiger partial charge in [-0.1, -0.05) is 48.5 Å². The number of nitrogens with zero attached hydrogens (tertiary/aromatic N) is 4. The van der Waals surface area contributed by atoms with Crippen molar-refractivity contribution < 1.29 is 4.79 Å². The van der Waals surface area contributed by atoms with Crippen molar-refractivity contribution in [1.82, 2.24) is 19.2 Å². The zero-order chi connectivity index (χ0) is 26.3. The third kappa shape index (κ3) is 4.22. The van der Waals surface area contributed by atoms with Gasteiger partial charge in [-0.3, -0.25) is 9.59 Å². The third-order valence-corrected chi connectivity index (χ3v) is 7.85. The predicted octanol–water partition coefficient (Wildman–Crippen LogP) is 5.06. The Morgan fingerprint density at radius 3 is 2.45 bits per heavy atom. The summed E-state index contributed by atoms with van der Waals surface area (Å²) in [5, 5.41) is 5.71. The monoisotopic (exact) mass is 502 g/mol. The number of pyridine rings is 1. The molecule has 1 saturated heterocycles. The van der Waals surface area contributed by atoms with Crippen LogP contribution >= 0.6 is 0 Å². The van der Waals surface area contributed by atoms with Crippen LogP contribution < -0.4 is 5.56 Å². The average molecular weight is 503 g/mol. The molecule has 1 unspecified atom stereocenters. The Kier molecular flexibility index (Phi) is 5.95. The van der Waals surface area contributed by atoms with Crippen molar-refractivity contribution in [3.05, 3.63) is 130 Å². The molecule has 0 N–H and O–H groups in total. The molecule has 1 aliphatic rings. The molecule has 38 heavy (non-hydrogen) atoms. The highest BCUT2D eigenvalue weighted by Gasteiger charge is 2.42. The van der Waals surface area contributed by atoms with Crippen molar-refractivity contribution in [3.8, 4) is 5.69 Å². The minimum Gasteiger partial charge on any atom is -0.338 e. The zero-order valence-electron chi connectivity index (χ0n) is 21.7. The lowest BCUT2D eigenvalue weighted by Gasteiger charge is -2.32. The van der Waals surface area contributed by atoms with Crippen LogP contribution in [0.2, 0.25) is 0 Å². The smallest absolute Gasteiger partial charge is 0.253 e. The number of likely N-dealkylation sites (tertiary alicyclic amines) is 1. The van der Waals surface area contributed by atoms with Crippen molar-refractivity contribution in [2.45, 2.75) is 25.2 Å². The van der Waals surface area contributed by atoms with E-state index in [1.807, 2.05) is 52.2 Å². The highest BCUT2D eigenvalue weighted by Crippen LogP contribution is 2.41. The first-order valence-corrected chi connectivity index (χ1v) is 13.0. The van der Waals surface area contributed by atoms with Crippen LogP contribution in [0.3, 0.4) is 0 Å². The highest BCUT2D eigenvalue weighted by molar-refractivity contribution is 5.94. The molecule has 190 valence electrons. The third-order valence-electron chi connectivity index (χ3n) is 7.85. The van der Waals surface area contributed by atoms with Crippen molar-refractivity contribution >= 4 is 16.8 Å². The van der Waals surface area contributed by atoms with Gasteiger partial charge in [-0.25, -0.2) is 4.68 Å². The molecule has 5 aromatic rings. The molecule has 0 aliphatic carbocycles. The Morgan fingerprint density at radius 1 is 0.974 bits per heavy atom. The summed E-state index contributed by atoms with van der Waals surface area (Å²) in [5.41, 5.74) is 6.01. The van der Waals surface area contributed by atoms with E-state index in [-0.39, 0.29) is 16.9 Å². The lowest BCUT2D eigenvalue weighted by atomic mass is 9.73. The van der Waals surface area contributed by atoms with E-state index in [0.717, 1.165) is 41.5 Å². The Balaban J connectivity index is 1.42. The van der Waals surface area contributed by atoms with Gasteiger partial charge in [0.1, 0.15) is 0 Å². The van der Waals surface area contributed by atoms with Crippen LogP contribution in [0.5, 0.6) is 0 Å². The van der Waals surface area contributed by atoms with E-state index in [1.54, 1.807) is 29.9 Å². The molecule has 0 saturated carbocycles. The van der Waals surface area contributed by atoms with E-state index in [9.17, 15) is 9.59 Å². The van der Waals surface area contributed by atoms with Gasteiger partial charge in [-0.15, -0.1) is 0 Å². The first-order chi connectivity index (χ1) is 18.4. The lowest BCUT2D eigenvalue weighted by molar-refractivity contribution is 0.0783. The molecule has 6 rings (SSSR count). The highest BCUT2D eigenvalue weighted by atomic mass is 16.2. The Hall–Kier alpha value is -4.45. The van der Waals surface area contributed by atoms with E-state index in [2.05, 4.69) is 48.4 Å². The summed E-state index contributed by atoms with van der Waals surface area (Å²) in [6.07, 6.45) is 5.44. The fraction of sp³-hybridized carbons (Fsp3) is 0.219. The van der Waals surface area contributed by atoms with Gasteiger partial charge in [-0.2, -0.15) is 5.10 Å². The maximum Gasteiger partial charge on any atom is 0.253 e. The van der Waals surface area contributed by atoms with Gasteiger partial charge < -0.3 is 9.47 Å². The minimum atomic E-state index is -0.206. The molecule has 0 radical (unpaired) electrons. The largest absolute Gasteiger partial charge is 0.338 e. The number of carbonyl (C=O) groups is 1. The van der Waals surface area contributed by atoms with Gasteiger partial charge in [0, 0.05) is 48.8 Å². The molecule has 2 aromatic heterocycles. The Morgan fingerprint density at radius 2 is 1.71 bits per heavy atom. The summed E-state index contributed by atoms with van der Waals surface area (Å²) < 4.78 is 3.45. The second-order valence-electron chi connectivity index (χ2n) is 10.4. The minimum absolute atomic E-state index is 0.0534. The molecule has 3 heterocycles. The summed E-state index contributed by atoms with van der Waals surface area (Å²) in [6, 6.07) is 27.9. The van der Waals surface area contributed by atoms with Gasteiger partial charge >= 0.3 is 0 Å². The molecule has 0 spiro atoms. The molecule has 1 atom stereocenters. The number of carbonyl (C=O) groups excluding carboxylic acids is 1. The second kappa shape index (κ2) is 9.45. The molecule has 1 aliphatic heterocycles. The van der Waals surface area contributed by atoms with Crippen LogP contribution in [0.4, 0.5) is 0 Å². The molecule has 1 fully saturated rings. The summed E-state index contributed by atoms with van der Waals surface area (Å²) in [5.74, 6) is 0.0850. The molecule has 0 bridgehead atoms. The van der Waals surface area contributed by atoms with E-state index in [0.29, 0.717) is 6.54 Å². The molecule has 6 nitrogen and oxygen atoms in total. The topological polar surface area (TPSA) is 60.1 Å². The second-order valence-corrected chi connectivity index (χ2v) is 10.4. The molecular formula is C32H30N4O2. The van der Waals surface area contributed by atoms with Crippen molar-refractivity contribution in [2.24, 2.45) is 7.05 Å². The Labute approximate surface area is 221 Å². The van der Waals surface area contributed by atoms with Gasteiger partial charge in [0.2, 0.25) is 5.56 Å². The van der Waals surface area contributed by atoms with Crippen LogP contribution in [0, 0.1) is 6.92 Å².